The first-order chi connectivity index (χ1) is 13.2. The molecule has 1 fully saturated rings. The van der Waals surface area contributed by atoms with Crippen LogP contribution in [0.4, 0.5) is 4.79 Å². The van der Waals surface area contributed by atoms with Crippen LogP contribution in [0.25, 0.3) is 0 Å². The highest BCUT2D eigenvalue weighted by atomic mass is 16.3. The van der Waals surface area contributed by atoms with Crippen LogP contribution in [0.15, 0.2) is 53.1 Å². The van der Waals surface area contributed by atoms with Gasteiger partial charge in [0.15, 0.2) is 0 Å². The predicted octanol–water partition coefficient (Wildman–Crippen LogP) is 1.81. The predicted molar refractivity (Wildman–Crippen MR) is 102 cm³/mol. The Morgan fingerprint density at radius 2 is 1.74 bits per heavy atom. The van der Waals surface area contributed by atoms with E-state index >= 15 is 0 Å². The maximum Gasteiger partial charge on any atom is 0.321 e. The first kappa shape index (κ1) is 19.1. The molecule has 0 unspecified atom stereocenters. The van der Waals surface area contributed by atoms with Gasteiger partial charge >= 0.3 is 6.03 Å². The molecule has 3 amide bonds. The molecule has 2 N–H and O–H groups in total. The Bertz CT molecular complexity index is 718. The summed E-state index contributed by atoms with van der Waals surface area (Å²) < 4.78 is 5.14. The van der Waals surface area contributed by atoms with Crippen molar-refractivity contribution in [2.75, 3.05) is 32.7 Å². The SMILES string of the molecule is O=C(CN1CCCN(Cc2ccccc2)CC1)NC(=O)NCc1ccco1. The molecule has 1 aromatic heterocycles. The highest BCUT2D eigenvalue weighted by molar-refractivity contribution is 5.95. The van der Waals surface area contributed by atoms with Crippen molar-refractivity contribution >= 4 is 11.9 Å². The molecule has 0 spiro atoms. The minimum atomic E-state index is -0.503. The Kier molecular flexibility index (Phi) is 7.01. The summed E-state index contributed by atoms with van der Waals surface area (Å²) in [7, 11) is 0. The molecule has 0 atom stereocenters. The van der Waals surface area contributed by atoms with Crippen molar-refractivity contribution in [2.24, 2.45) is 0 Å². The van der Waals surface area contributed by atoms with Crippen molar-refractivity contribution in [2.45, 2.75) is 19.5 Å². The average molecular weight is 370 g/mol. The van der Waals surface area contributed by atoms with E-state index in [1.807, 2.05) is 6.07 Å². The zero-order chi connectivity index (χ0) is 18.9. The summed E-state index contributed by atoms with van der Waals surface area (Å²) in [6.07, 6.45) is 2.55. The molecule has 7 heteroatoms. The van der Waals surface area contributed by atoms with Gasteiger partial charge in [0.1, 0.15) is 5.76 Å². The lowest BCUT2D eigenvalue weighted by atomic mass is 10.2. The first-order valence-corrected chi connectivity index (χ1v) is 9.28. The first-order valence-electron chi connectivity index (χ1n) is 9.28. The third kappa shape index (κ3) is 6.54. The number of nitrogens with zero attached hydrogens (tertiary/aromatic N) is 2. The van der Waals surface area contributed by atoms with E-state index < -0.39 is 6.03 Å². The van der Waals surface area contributed by atoms with Crippen molar-refractivity contribution in [1.29, 1.82) is 0 Å². The van der Waals surface area contributed by atoms with Gasteiger partial charge in [-0.05, 0) is 37.2 Å². The third-order valence-corrected chi connectivity index (χ3v) is 4.55. The highest BCUT2D eigenvalue weighted by Gasteiger charge is 2.18. The van der Waals surface area contributed by atoms with E-state index in [0.717, 1.165) is 39.1 Å². The second-order valence-corrected chi connectivity index (χ2v) is 6.70. The molecule has 0 aliphatic carbocycles. The fourth-order valence-corrected chi connectivity index (χ4v) is 3.18. The lowest BCUT2D eigenvalue weighted by molar-refractivity contribution is -0.121. The molecule has 0 bridgehead atoms. The van der Waals surface area contributed by atoms with Gasteiger partial charge < -0.3 is 9.73 Å². The van der Waals surface area contributed by atoms with E-state index in [-0.39, 0.29) is 19.0 Å². The number of imide groups is 1. The van der Waals surface area contributed by atoms with E-state index in [2.05, 4.69) is 44.7 Å². The second-order valence-electron chi connectivity index (χ2n) is 6.70. The number of carbonyl (C=O) groups is 2. The monoisotopic (exact) mass is 370 g/mol. The van der Waals surface area contributed by atoms with Gasteiger partial charge in [-0.2, -0.15) is 0 Å². The van der Waals surface area contributed by atoms with E-state index in [1.165, 1.54) is 5.56 Å². The molecular formula is C20H26N4O3. The van der Waals surface area contributed by atoms with Crippen LogP contribution in [-0.2, 0) is 17.9 Å². The third-order valence-electron chi connectivity index (χ3n) is 4.55. The van der Waals surface area contributed by atoms with E-state index in [4.69, 9.17) is 4.42 Å². The van der Waals surface area contributed by atoms with Gasteiger partial charge in [-0.15, -0.1) is 0 Å². The molecule has 2 aromatic rings. The fourth-order valence-electron chi connectivity index (χ4n) is 3.18. The number of rotatable bonds is 6. The van der Waals surface area contributed by atoms with Crippen LogP contribution in [0, 0.1) is 0 Å². The van der Waals surface area contributed by atoms with Gasteiger partial charge in [0.2, 0.25) is 5.91 Å². The van der Waals surface area contributed by atoms with Crippen molar-refractivity contribution in [3.8, 4) is 0 Å². The summed E-state index contributed by atoms with van der Waals surface area (Å²) in [5, 5.41) is 4.98. The molecule has 27 heavy (non-hydrogen) atoms. The molecule has 1 aliphatic heterocycles. The minimum Gasteiger partial charge on any atom is -0.467 e. The summed E-state index contributed by atoms with van der Waals surface area (Å²) in [5.74, 6) is 0.354. The maximum absolute atomic E-state index is 12.1. The Morgan fingerprint density at radius 3 is 2.52 bits per heavy atom. The molecule has 1 saturated heterocycles. The number of carbonyl (C=O) groups excluding carboxylic acids is 2. The van der Waals surface area contributed by atoms with Crippen LogP contribution in [0.1, 0.15) is 17.7 Å². The highest BCUT2D eigenvalue weighted by Crippen LogP contribution is 2.08. The van der Waals surface area contributed by atoms with Gasteiger partial charge in [0.05, 0.1) is 19.4 Å². The topological polar surface area (TPSA) is 77.8 Å². The normalized spacial score (nSPS) is 15.9. The van der Waals surface area contributed by atoms with Crippen molar-refractivity contribution in [1.82, 2.24) is 20.4 Å². The Hall–Kier alpha value is -2.64. The van der Waals surface area contributed by atoms with Gasteiger partial charge in [-0.3, -0.25) is 19.9 Å². The second kappa shape index (κ2) is 9.89. The summed E-state index contributed by atoms with van der Waals surface area (Å²) in [6.45, 7) is 5.00. The molecule has 7 nitrogen and oxygen atoms in total. The van der Waals surface area contributed by atoms with Crippen LogP contribution in [0.5, 0.6) is 0 Å². The van der Waals surface area contributed by atoms with Crippen LogP contribution in [0.3, 0.4) is 0 Å². The summed E-state index contributed by atoms with van der Waals surface area (Å²) in [5.41, 5.74) is 1.30. The standard InChI is InChI=1S/C20H26N4O3/c25-19(22-20(26)21-14-18-8-4-13-27-18)16-24-10-5-9-23(11-12-24)15-17-6-2-1-3-7-17/h1-4,6-8,13H,5,9-12,14-16H2,(H2,21,22,25,26). The smallest absolute Gasteiger partial charge is 0.321 e. The van der Waals surface area contributed by atoms with E-state index in [9.17, 15) is 9.59 Å². The van der Waals surface area contributed by atoms with Crippen molar-refractivity contribution in [3.63, 3.8) is 0 Å². The van der Waals surface area contributed by atoms with Crippen LogP contribution < -0.4 is 10.6 Å². The summed E-state index contributed by atoms with van der Waals surface area (Å²) >= 11 is 0. The molecule has 3 rings (SSSR count). The Balaban J connectivity index is 1.37. The molecule has 0 saturated carbocycles. The van der Waals surface area contributed by atoms with Gasteiger partial charge in [-0.1, -0.05) is 30.3 Å². The average Bonchev–Trinajstić information content (AvgIpc) is 3.09. The number of benzene rings is 1. The fraction of sp³-hybridized carbons (Fsp3) is 0.400. The number of hydrogen-bond donors (Lipinski definition) is 2. The number of furan rings is 1. The number of nitrogens with one attached hydrogen (secondary N) is 2. The molecule has 1 aliphatic rings. The van der Waals surface area contributed by atoms with E-state index in [0.29, 0.717) is 5.76 Å². The number of amides is 3. The van der Waals surface area contributed by atoms with Crippen molar-refractivity contribution < 1.29 is 14.0 Å². The maximum atomic E-state index is 12.1. The molecule has 2 heterocycles. The zero-order valence-corrected chi connectivity index (χ0v) is 15.4. The minimum absolute atomic E-state index is 0.230. The van der Waals surface area contributed by atoms with E-state index in [1.54, 1.807) is 18.4 Å². The quantitative estimate of drug-likeness (QED) is 0.811. The Morgan fingerprint density at radius 1 is 0.963 bits per heavy atom. The molecule has 1 aromatic carbocycles. The van der Waals surface area contributed by atoms with Gasteiger partial charge in [-0.25, -0.2) is 4.79 Å². The van der Waals surface area contributed by atoms with Gasteiger partial charge in [0.25, 0.3) is 0 Å². The number of hydrogen-bond acceptors (Lipinski definition) is 5. The van der Waals surface area contributed by atoms with Gasteiger partial charge in [0, 0.05) is 19.6 Å². The molecular weight excluding hydrogens is 344 g/mol. The lowest BCUT2D eigenvalue weighted by Crippen LogP contribution is -2.45. The van der Waals surface area contributed by atoms with Crippen LogP contribution in [-0.4, -0.2) is 54.5 Å². The molecule has 0 radical (unpaired) electrons. The number of urea groups is 1. The Labute approximate surface area is 159 Å². The molecule has 144 valence electrons. The summed E-state index contributed by atoms with van der Waals surface area (Å²) in [6, 6.07) is 13.4. The zero-order valence-electron chi connectivity index (χ0n) is 15.4. The lowest BCUT2D eigenvalue weighted by Gasteiger charge is -2.21. The van der Waals surface area contributed by atoms with Crippen LogP contribution >= 0.6 is 0 Å². The van der Waals surface area contributed by atoms with Crippen molar-refractivity contribution in [3.05, 3.63) is 60.1 Å². The largest absolute Gasteiger partial charge is 0.467 e. The van der Waals surface area contributed by atoms with Crippen LogP contribution in [0.2, 0.25) is 0 Å². The summed E-state index contributed by atoms with van der Waals surface area (Å²) in [4.78, 5) is 28.4.